The molecule has 23 heavy (non-hydrogen) atoms. The van der Waals surface area contributed by atoms with Gasteiger partial charge in [0.25, 0.3) is 0 Å². The Hall–Kier alpha value is -0.340. The number of hydrogen-bond acceptors (Lipinski definition) is 2. The number of ether oxygens (including phenoxy) is 2. The van der Waals surface area contributed by atoms with Gasteiger partial charge >= 0.3 is 0 Å². The molecule has 0 saturated carbocycles. The first-order valence-corrected chi connectivity index (χ1v) is 10.2. The highest BCUT2D eigenvalue weighted by molar-refractivity contribution is 4.67. The maximum absolute atomic E-state index is 5.55. The van der Waals surface area contributed by atoms with Crippen molar-refractivity contribution in [2.45, 2.75) is 102 Å². The Bertz CT molecular complexity index is 248. The van der Waals surface area contributed by atoms with E-state index >= 15 is 0 Å². The van der Waals surface area contributed by atoms with Crippen LogP contribution in [0.25, 0.3) is 0 Å². The third kappa shape index (κ3) is 16.3. The Morgan fingerprint density at radius 1 is 0.739 bits per heavy atom. The van der Waals surface area contributed by atoms with Gasteiger partial charge in [-0.05, 0) is 19.3 Å². The fourth-order valence-corrected chi connectivity index (χ4v) is 2.99. The molecule has 136 valence electrons. The molecule has 1 aliphatic heterocycles. The molecule has 0 radical (unpaired) electrons. The van der Waals surface area contributed by atoms with Crippen molar-refractivity contribution in [3.8, 4) is 0 Å². The summed E-state index contributed by atoms with van der Waals surface area (Å²) in [4.78, 5) is 0. The van der Waals surface area contributed by atoms with Crippen LogP contribution in [0.5, 0.6) is 0 Å². The van der Waals surface area contributed by atoms with Crippen molar-refractivity contribution in [1.29, 1.82) is 0 Å². The Morgan fingerprint density at radius 2 is 1.17 bits per heavy atom. The van der Waals surface area contributed by atoms with E-state index in [1.807, 2.05) is 6.08 Å². The van der Waals surface area contributed by atoms with Crippen LogP contribution in [0.15, 0.2) is 12.7 Å². The molecule has 1 atom stereocenters. The van der Waals surface area contributed by atoms with Gasteiger partial charge in [-0.3, -0.25) is 0 Å². The van der Waals surface area contributed by atoms with Gasteiger partial charge < -0.3 is 9.47 Å². The van der Waals surface area contributed by atoms with E-state index in [4.69, 9.17) is 9.47 Å². The second kappa shape index (κ2) is 16.5. The molecule has 2 heteroatoms. The minimum atomic E-state index is 0.423. The molecular weight excluding hydrogens is 284 g/mol. The summed E-state index contributed by atoms with van der Waals surface area (Å²) in [5, 5.41) is 0. The summed E-state index contributed by atoms with van der Waals surface area (Å²) in [5.74, 6) is 0. The number of unbranched alkanes of at least 4 members (excludes halogenated alkanes) is 14. The van der Waals surface area contributed by atoms with Crippen molar-refractivity contribution in [1.82, 2.24) is 0 Å². The molecule has 0 amide bonds. The molecule has 0 aliphatic carbocycles. The van der Waals surface area contributed by atoms with Crippen LogP contribution in [-0.2, 0) is 9.47 Å². The highest BCUT2D eigenvalue weighted by atomic mass is 16.6. The Kier molecular flexibility index (Phi) is 14.9. The first-order valence-electron chi connectivity index (χ1n) is 10.2. The lowest BCUT2D eigenvalue weighted by Crippen LogP contribution is -2.02. The van der Waals surface area contributed by atoms with E-state index < -0.39 is 0 Å². The van der Waals surface area contributed by atoms with Crippen molar-refractivity contribution in [3.63, 3.8) is 0 Å². The van der Waals surface area contributed by atoms with Crippen LogP contribution in [-0.4, -0.2) is 25.9 Å². The SMILES string of the molecule is C=CCCCCCCCCCCCCCCCCOCC1CO1. The lowest BCUT2D eigenvalue weighted by Gasteiger charge is -2.04. The Morgan fingerprint density at radius 3 is 1.61 bits per heavy atom. The molecule has 1 fully saturated rings. The predicted molar refractivity (Wildman–Crippen MR) is 100 cm³/mol. The summed E-state index contributed by atoms with van der Waals surface area (Å²) in [6.45, 7) is 6.42. The van der Waals surface area contributed by atoms with E-state index in [0.29, 0.717) is 6.10 Å². The van der Waals surface area contributed by atoms with E-state index in [1.165, 1.54) is 96.3 Å². The molecule has 0 spiro atoms. The summed E-state index contributed by atoms with van der Waals surface area (Å²) >= 11 is 0. The molecule has 1 aliphatic rings. The largest absolute Gasteiger partial charge is 0.379 e. The molecule has 0 aromatic carbocycles. The fraction of sp³-hybridized carbons (Fsp3) is 0.905. The Labute approximate surface area is 145 Å². The molecular formula is C21H40O2. The zero-order valence-corrected chi connectivity index (χ0v) is 15.4. The van der Waals surface area contributed by atoms with Gasteiger partial charge in [-0.15, -0.1) is 6.58 Å². The van der Waals surface area contributed by atoms with Gasteiger partial charge in [0.2, 0.25) is 0 Å². The zero-order chi connectivity index (χ0) is 16.4. The predicted octanol–water partition coefficient (Wildman–Crippen LogP) is 6.44. The van der Waals surface area contributed by atoms with Gasteiger partial charge in [-0.2, -0.15) is 0 Å². The summed E-state index contributed by atoms with van der Waals surface area (Å²) in [6, 6.07) is 0. The molecule has 0 aromatic heterocycles. The van der Waals surface area contributed by atoms with Crippen LogP contribution >= 0.6 is 0 Å². The third-order valence-corrected chi connectivity index (χ3v) is 4.65. The second-order valence-corrected chi connectivity index (χ2v) is 7.06. The van der Waals surface area contributed by atoms with Crippen LogP contribution in [0, 0.1) is 0 Å². The quantitative estimate of drug-likeness (QED) is 0.155. The highest BCUT2D eigenvalue weighted by Crippen LogP contribution is 2.13. The summed E-state index contributed by atoms with van der Waals surface area (Å²) in [7, 11) is 0. The lowest BCUT2D eigenvalue weighted by atomic mass is 10.0. The average molecular weight is 325 g/mol. The maximum atomic E-state index is 5.55. The topological polar surface area (TPSA) is 21.8 Å². The molecule has 1 heterocycles. The monoisotopic (exact) mass is 324 g/mol. The molecule has 0 bridgehead atoms. The summed E-state index contributed by atoms with van der Waals surface area (Å²) in [6.07, 6.45) is 23.3. The smallest absolute Gasteiger partial charge is 0.104 e. The number of epoxide rings is 1. The zero-order valence-electron chi connectivity index (χ0n) is 15.4. The number of allylic oxidation sites excluding steroid dienone is 1. The normalized spacial score (nSPS) is 16.6. The van der Waals surface area contributed by atoms with Gasteiger partial charge in [0, 0.05) is 6.61 Å². The van der Waals surface area contributed by atoms with Crippen LogP contribution in [0.1, 0.15) is 96.3 Å². The van der Waals surface area contributed by atoms with Crippen molar-refractivity contribution >= 4 is 0 Å². The van der Waals surface area contributed by atoms with Gasteiger partial charge in [-0.1, -0.05) is 83.1 Å². The van der Waals surface area contributed by atoms with Gasteiger partial charge in [0.1, 0.15) is 6.10 Å². The van der Waals surface area contributed by atoms with E-state index in [1.54, 1.807) is 0 Å². The average Bonchev–Trinajstić information content (AvgIpc) is 3.38. The first-order chi connectivity index (χ1) is 11.4. The summed E-state index contributed by atoms with van der Waals surface area (Å²) in [5.41, 5.74) is 0. The Balaban J connectivity index is 1.60. The second-order valence-electron chi connectivity index (χ2n) is 7.06. The standard InChI is InChI=1S/C21H40O2/c1-2-3-4-5-6-7-8-9-10-11-12-13-14-15-16-17-18-22-19-21-20-23-21/h2,21H,1,3-20H2. The lowest BCUT2D eigenvalue weighted by molar-refractivity contribution is 0.113. The van der Waals surface area contributed by atoms with E-state index in [-0.39, 0.29) is 0 Å². The fourth-order valence-electron chi connectivity index (χ4n) is 2.99. The molecule has 2 nitrogen and oxygen atoms in total. The van der Waals surface area contributed by atoms with Gasteiger partial charge in [0.05, 0.1) is 13.2 Å². The minimum Gasteiger partial charge on any atom is -0.379 e. The van der Waals surface area contributed by atoms with E-state index in [9.17, 15) is 0 Å². The van der Waals surface area contributed by atoms with Gasteiger partial charge in [-0.25, -0.2) is 0 Å². The van der Waals surface area contributed by atoms with Crippen molar-refractivity contribution < 1.29 is 9.47 Å². The van der Waals surface area contributed by atoms with Crippen molar-refractivity contribution in [3.05, 3.63) is 12.7 Å². The third-order valence-electron chi connectivity index (χ3n) is 4.65. The maximum Gasteiger partial charge on any atom is 0.104 e. The van der Waals surface area contributed by atoms with Crippen LogP contribution in [0.4, 0.5) is 0 Å². The summed E-state index contributed by atoms with van der Waals surface area (Å²) < 4.78 is 10.7. The van der Waals surface area contributed by atoms with Crippen LogP contribution < -0.4 is 0 Å². The first kappa shape index (κ1) is 20.7. The van der Waals surface area contributed by atoms with E-state index in [0.717, 1.165) is 19.8 Å². The van der Waals surface area contributed by atoms with Crippen molar-refractivity contribution in [2.24, 2.45) is 0 Å². The highest BCUT2D eigenvalue weighted by Gasteiger charge is 2.21. The van der Waals surface area contributed by atoms with Crippen LogP contribution in [0.3, 0.4) is 0 Å². The minimum absolute atomic E-state index is 0.423. The molecule has 1 rings (SSSR count). The molecule has 1 saturated heterocycles. The molecule has 1 unspecified atom stereocenters. The number of rotatable bonds is 19. The van der Waals surface area contributed by atoms with E-state index in [2.05, 4.69) is 6.58 Å². The molecule has 0 N–H and O–H groups in total. The van der Waals surface area contributed by atoms with Crippen LogP contribution in [0.2, 0.25) is 0 Å². The van der Waals surface area contributed by atoms with Crippen molar-refractivity contribution in [2.75, 3.05) is 19.8 Å². The van der Waals surface area contributed by atoms with Gasteiger partial charge in [0.15, 0.2) is 0 Å². The molecule has 0 aromatic rings. The number of hydrogen-bond donors (Lipinski definition) is 0.